The van der Waals surface area contributed by atoms with Crippen LogP contribution in [0.5, 0.6) is 5.75 Å². The fraction of sp³-hybridized carbons (Fsp3) is 0.600. The molecule has 0 radical (unpaired) electrons. The Balaban J connectivity index is 1.80. The molecule has 2 fully saturated rings. The van der Waals surface area contributed by atoms with Gasteiger partial charge < -0.3 is 10.1 Å². The average Bonchev–Trinajstić information content (AvgIpc) is 3.06. The van der Waals surface area contributed by atoms with E-state index in [0.717, 1.165) is 32.6 Å². The van der Waals surface area contributed by atoms with Gasteiger partial charge in [-0.25, -0.2) is 8.42 Å². The molecule has 128 valence electrons. The summed E-state index contributed by atoms with van der Waals surface area (Å²) in [6.45, 7) is 4.93. The third-order valence-corrected chi connectivity index (χ3v) is 6.66. The lowest BCUT2D eigenvalue weighted by Gasteiger charge is -2.32. The third kappa shape index (κ3) is 3.49. The molecule has 2 heterocycles. The summed E-state index contributed by atoms with van der Waals surface area (Å²) in [7, 11) is -2.13. The maximum Gasteiger partial charge on any atom is 0.246 e. The van der Waals surface area contributed by atoms with Crippen LogP contribution in [0.2, 0.25) is 5.02 Å². The average molecular weight is 360 g/mol. The van der Waals surface area contributed by atoms with Crippen molar-refractivity contribution in [3.8, 4) is 5.75 Å². The predicted octanol–water partition coefficient (Wildman–Crippen LogP) is 1.02. The van der Waals surface area contributed by atoms with Crippen LogP contribution in [0.4, 0.5) is 0 Å². The van der Waals surface area contributed by atoms with Gasteiger partial charge >= 0.3 is 0 Å². The molecule has 0 aromatic heterocycles. The first-order valence-corrected chi connectivity index (χ1v) is 9.62. The first kappa shape index (κ1) is 17.0. The summed E-state index contributed by atoms with van der Waals surface area (Å²) >= 11 is 5.98. The Bertz CT molecular complexity index is 662. The Morgan fingerprint density at radius 1 is 1.26 bits per heavy atom. The van der Waals surface area contributed by atoms with Crippen molar-refractivity contribution in [2.75, 3.05) is 46.4 Å². The Hall–Kier alpha value is -0.860. The molecule has 0 saturated carbocycles. The number of nitrogens with zero attached hydrogens (tertiary/aromatic N) is 2. The van der Waals surface area contributed by atoms with Gasteiger partial charge in [-0.1, -0.05) is 11.6 Å². The lowest BCUT2D eigenvalue weighted by atomic mass is 10.2. The molecule has 2 aliphatic heterocycles. The second kappa shape index (κ2) is 6.94. The molecule has 1 aromatic rings. The monoisotopic (exact) mass is 359 g/mol. The van der Waals surface area contributed by atoms with Gasteiger partial charge in [0, 0.05) is 50.3 Å². The van der Waals surface area contributed by atoms with Crippen LogP contribution in [0.1, 0.15) is 6.42 Å². The van der Waals surface area contributed by atoms with Crippen LogP contribution in [0.15, 0.2) is 23.1 Å². The molecular formula is C15H22ClN3O3S. The van der Waals surface area contributed by atoms with Crippen molar-refractivity contribution in [3.05, 3.63) is 23.2 Å². The molecule has 6 nitrogen and oxygen atoms in total. The molecule has 1 atom stereocenters. The number of ether oxygens (including phenoxy) is 1. The molecule has 3 rings (SSSR count). The molecular weight excluding hydrogens is 338 g/mol. The Kier molecular flexibility index (Phi) is 5.13. The van der Waals surface area contributed by atoms with Crippen LogP contribution in [0, 0.1) is 0 Å². The van der Waals surface area contributed by atoms with Crippen molar-refractivity contribution in [1.29, 1.82) is 0 Å². The zero-order valence-electron chi connectivity index (χ0n) is 13.2. The Labute approximate surface area is 142 Å². The van der Waals surface area contributed by atoms with E-state index in [1.54, 1.807) is 16.4 Å². The normalized spacial score (nSPS) is 24.0. The van der Waals surface area contributed by atoms with Crippen molar-refractivity contribution >= 4 is 21.6 Å². The zero-order chi connectivity index (χ0) is 16.4. The topological polar surface area (TPSA) is 61.9 Å². The number of piperazine rings is 1. The van der Waals surface area contributed by atoms with E-state index in [1.165, 1.54) is 13.2 Å². The number of benzene rings is 1. The molecule has 0 aliphatic carbocycles. The van der Waals surface area contributed by atoms with Gasteiger partial charge in [-0.05, 0) is 24.6 Å². The first-order valence-electron chi connectivity index (χ1n) is 7.81. The van der Waals surface area contributed by atoms with Crippen molar-refractivity contribution < 1.29 is 13.2 Å². The molecule has 8 heteroatoms. The highest BCUT2D eigenvalue weighted by atomic mass is 35.5. The molecule has 2 aliphatic rings. The van der Waals surface area contributed by atoms with Crippen LogP contribution in [-0.4, -0.2) is 70.0 Å². The Morgan fingerprint density at radius 2 is 2.00 bits per heavy atom. The second-order valence-electron chi connectivity index (χ2n) is 5.89. The van der Waals surface area contributed by atoms with Gasteiger partial charge in [0.05, 0.1) is 7.11 Å². The van der Waals surface area contributed by atoms with E-state index in [0.29, 0.717) is 23.9 Å². The fourth-order valence-electron chi connectivity index (χ4n) is 3.27. The molecule has 1 N–H and O–H groups in total. The van der Waals surface area contributed by atoms with Crippen molar-refractivity contribution in [2.45, 2.75) is 17.4 Å². The highest BCUT2D eigenvalue weighted by Crippen LogP contribution is 2.32. The van der Waals surface area contributed by atoms with Crippen LogP contribution in [-0.2, 0) is 10.0 Å². The zero-order valence-corrected chi connectivity index (χ0v) is 14.7. The smallest absolute Gasteiger partial charge is 0.246 e. The van der Waals surface area contributed by atoms with E-state index in [2.05, 4.69) is 10.2 Å². The summed E-state index contributed by atoms with van der Waals surface area (Å²) in [5.41, 5.74) is 0. The highest BCUT2D eigenvalue weighted by molar-refractivity contribution is 7.89. The number of hydrogen-bond donors (Lipinski definition) is 1. The van der Waals surface area contributed by atoms with Crippen molar-refractivity contribution in [3.63, 3.8) is 0 Å². The number of nitrogens with one attached hydrogen (secondary N) is 1. The van der Waals surface area contributed by atoms with Gasteiger partial charge in [-0.15, -0.1) is 0 Å². The molecule has 23 heavy (non-hydrogen) atoms. The number of methoxy groups -OCH3 is 1. The van der Waals surface area contributed by atoms with E-state index in [1.807, 2.05) is 0 Å². The molecule has 1 aromatic carbocycles. The Morgan fingerprint density at radius 3 is 2.70 bits per heavy atom. The molecule has 2 saturated heterocycles. The van der Waals surface area contributed by atoms with Gasteiger partial charge in [-0.2, -0.15) is 4.31 Å². The molecule has 1 unspecified atom stereocenters. The first-order chi connectivity index (χ1) is 11.0. The summed E-state index contributed by atoms with van der Waals surface area (Å²) in [5, 5.41) is 3.71. The maximum atomic E-state index is 13.0. The van der Waals surface area contributed by atoms with Gasteiger partial charge in [0.25, 0.3) is 0 Å². The summed E-state index contributed by atoms with van der Waals surface area (Å²) < 4.78 is 32.7. The minimum absolute atomic E-state index is 0.147. The van der Waals surface area contributed by atoms with Crippen molar-refractivity contribution in [1.82, 2.24) is 14.5 Å². The van der Waals surface area contributed by atoms with Crippen LogP contribution in [0.25, 0.3) is 0 Å². The fourth-order valence-corrected chi connectivity index (χ4v) is 5.18. The quantitative estimate of drug-likeness (QED) is 0.869. The van der Waals surface area contributed by atoms with E-state index >= 15 is 0 Å². The van der Waals surface area contributed by atoms with E-state index in [-0.39, 0.29) is 10.9 Å². The minimum atomic E-state index is -3.59. The number of sulfonamides is 1. The predicted molar refractivity (Wildman–Crippen MR) is 89.6 cm³/mol. The molecule has 0 spiro atoms. The standard InChI is InChI=1S/C15H22ClN3O3S/c1-22-14-3-2-12(16)10-15(14)23(20,21)19-7-4-13(11-19)18-8-5-17-6-9-18/h2-3,10,13,17H,4-9,11H2,1H3. The summed E-state index contributed by atoms with van der Waals surface area (Å²) in [6, 6.07) is 4.98. The van der Waals surface area contributed by atoms with Crippen LogP contribution in [0.3, 0.4) is 0 Å². The number of halogens is 1. The van der Waals surface area contributed by atoms with Gasteiger partial charge in [0.2, 0.25) is 10.0 Å². The van der Waals surface area contributed by atoms with Crippen molar-refractivity contribution in [2.24, 2.45) is 0 Å². The van der Waals surface area contributed by atoms with E-state index < -0.39 is 10.0 Å². The summed E-state index contributed by atoms with van der Waals surface area (Å²) in [4.78, 5) is 2.52. The lowest BCUT2D eigenvalue weighted by molar-refractivity contribution is 0.179. The summed E-state index contributed by atoms with van der Waals surface area (Å²) in [6.07, 6.45) is 0.863. The number of hydrogen-bond acceptors (Lipinski definition) is 5. The van der Waals surface area contributed by atoms with Gasteiger partial charge in [0.15, 0.2) is 0 Å². The number of rotatable bonds is 4. The lowest BCUT2D eigenvalue weighted by Crippen LogP contribution is -2.49. The van der Waals surface area contributed by atoms with E-state index in [9.17, 15) is 8.42 Å². The van der Waals surface area contributed by atoms with Crippen LogP contribution >= 0.6 is 11.6 Å². The van der Waals surface area contributed by atoms with Gasteiger partial charge in [0.1, 0.15) is 10.6 Å². The van der Waals surface area contributed by atoms with Crippen LogP contribution < -0.4 is 10.1 Å². The SMILES string of the molecule is COc1ccc(Cl)cc1S(=O)(=O)N1CCC(N2CCNCC2)C1. The summed E-state index contributed by atoms with van der Waals surface area (Å²) in [5.74, 6) is 0.333. The van der Waals surface area contributed by atoms with E-state index in [4.69, 9.17) is 16.3 Å². The van der Waals surface area contributed by atoms with Gasteiger partial charge in [-0.3, -0.25) is 4.90 Å². The minimum Gasteiger partial charge on any atom is -0.495 e. The second-order valence-corrected chi connectivity index (χ2v) is 8.23. The maximum absolute atomic E-state index is 13.0. The highest BCUT2D eigenvalue weighted by Gasteiger charge is 2.36. The molecule has 0 bridgehead atoms. The largest absolute Gasteiger partial charge is 0.495 e. The molecule has 0 amide bonds. The third-order valence-electron chi connectivity index (χ3n) is 4.54.